The number of para-hydroxylation sites is 1. The second kappa shape index (κ2) is 11.3. The number of aryl methyl sites for hydroxylation is 1. The third kappa shape index (κ3) is 5.83. The minimum absolute atomic E-state index is 0.182. The van der Waals surface area contributed by atoms with Crippen molar-refractivity contribution in [2.75, 3.05) is 13.1 Å². The van der Waals surface area contributed by atoms with Crippen molar-refractivity contribution in [3.8, 4) is 22.7 Å². The number of carbonyl (C=O) groups excluding carboxylic acids is 1. The van der Waals surface area contributed by atoms with Gasteiger partial charge in [-0.15, -0.1) is 0 Å². The maximum Gasteiger partial charge on any atom is 0.286 e. The first-order valence-electron chi connectivity index (χ1n) is 13.3. The van der Waals surface area contributed by atoms with E-state index in [9.17, 15) is 4.79 Å². The van der Waals surface area contributed by atoms with E-state index in [-0.39, 0.29) is 5.91 Å². The second-order valence-electron chi connectivity index (χ2n) is 9.87. The first-order chi connectivity index (χ1) is 19.1. The number of ether oxygens (including phenoxy) is 1. The Morgan fingerprint density at radius 3 is 2.41 bits per heavy atom. The molecule has 0 aliphatic carbocycles. The molecule has 1 amide bonds. The highest BCUT2D eigenvalue weighted by atomic mass is 32.2. The molecule has 0 spiro atoms. The number of likely N-dealkylation sites (tertiary alicyclic amines) is 1. The van der Waals surface area contributed by atoms with Crippen molar-refractivity contribution < 1.29 is 9.53 Å². The molecular weight excluding hydrogens is 504 g/mol. The Morgan fingerprint density at radius 1 is 0.923 bits per heavy atom. The fourth-order valence-electron chi connectivity index (χ4n) is 4.75. The van der Waals surface area contributed by atoms with Gasteiger partial charge >= 0.3 is 0 Å². The number of thioether (sulfide) groups is 1. The maximum absolute atomic E-state index is 12.9. The van der Waals surface area contributed by atoms with Gasteiger partial charge in [0.2, 0.25) is 0 Å². The molecule has 39 heavy (non-hydrogen) atoms. The van der Waals surface area contributed by atoms with Crippen LogP contribution in [-0.2, 0) is 11.4 Å². The van der Waals surface area contributed by atoms with Crippen LogP contribution in [0.3, 0.4) is 0 Å². The summed E-state index contributed by atoms with van der Waals surface area (Å²) in [6.07, 6.45) is 7.43. The molecular formula is C32H30N4O2S. The largest absolute Gasteiger partial charge is 0.489 e. The lowest BCUT2D eigenvalue weighted by Crippen LogP contribution is -2.33. The Hall–Kier alpha value is -4.10. The quantitative estimate of drug-likeness (QED) is 0.252. The minimum Gasteiger partial charge on any atom is -0.489 e. The maximum atomic E-state index is 12.9. The Balaban J connectivity index is 1.26. The molecule has 6 rings (SSSR count). The predicted octanol–water partition coefficient (Wildman–Crippen LogP) is 6.88. The normalized spacial score (nSPS) is 16.5. The highest BCUT2D eigenvalue weighted by Gasteiger charge is 2.27. The number of aromatic nitrogens is 2. The van der Waals surface area contributed by atoms with Crippen molar-refractivity contribution in [3.63, 3.8) is 0 Å². The van der Waals surface area contributed by atoms with Gasteiger partial charge in [-0.05, 0) is 86.0 Å². The van der Waals surface area contributed by atoms with Crippen molar-refractivity contribution in [1.82, 2.24) is 14.7 Å². The molecule has 2 aliphatic rings. The summed E-state index contributed by atoms with van der Waals surface area (Å²) in [5, 5.41) is 5.74. The third-order valence-corrected chi connectivity index (χ3v) is 7.98. The number of benzene rings is 3. The Morgan fingerprint density at radius 2 is 1.67 bits per heavy atom. The van der Waals surface area contributed by atoms with Crippen molar-refractivity contribution in [1.29, 1.82) is 0 Å². The van der Waals surface area contributed by atoms with Crippen LogP contribution in [-0.4, -0.2) is 38.8 Å². The topological polar surface area (TPSA) is 59.7 Å². The van der Waals surface area contributed by atoms with E-state index in [2.05, 4.69) is 41.1 Å². The van der Waals surface area contributed by atoms with Crippen LogP contribution >= 0.6 is 11.8 Å². The summed E-state index contributed by atoms with van der Waals surface area (Å²) in [5.74, 6) is 0.613. The lowest BCUT2D eigenvalue weighted by Gasteiger charge is -2.27. The van der Waals surface area contributed by atoms with Gasteiger partial charge < -0.3 is 9.64 Å². The molecule has 3 aromatic carbocycles. The second-order valence-corrected chi connectivity index (χ2v) is 10.9. The first kappa shape index (κ1) is 25.2. The summed E-state index contributed by atoms with van der Waals surface area (Å²) in [7, 11) is 0. The number of piperidine rings is 1. The van der Waals surface area contributed by atoms with Crippen LogP contribution in [0.15, 0.2) is 95.0 Å². The molecule has 0 unspecified atom stereocenters. The van der Waals surface area contributed by atoms with E-state index < -0.39 is 0 Å². The molecule has 0 radical (unpaired) electrons. The van der Waals surface area contributed by atoms with Gasteiger partial charge in [0.25, 0.3) is 5.91 Å². The number of hydrogen-bond donors (Lipinski definition) is 0. The van der Waals surface area contributed by atoms with E-state index in [1.54, 1.807) is 0 Å². The van der Waals surface area contributed by atoms with Crippen LogP contribution in [0.25, 0.3) is 23.0 Å². The molecule has 0 N–H and O–H groups in total. The van der Waals surface area contributed by atoms with E-state index in [4.69, 9.17) is 9.84 Å². The molecule has 1 fully saturated rings. The molecule has 196 valence electrons. The molecule has 3 heterocycles. The van der Waals surface area contributed by atoms with Crippen molar-refractivity contribution in [2.24, 2.45) is 4.99 Å². The zero-order chi connectivity index (χ0) is 26.6. The van der Waals surface area contributed by atoms with Gasteiger partial charge in [0.1, 0.15) is 12.4 Å². The van der Waals surface area contributed by atoms with Gasteiger partial charge in [0.05, 0.1) is 16.3 Å². The van der Waals surface area contributed by atoms with E-state index in [0.29, 0.717) is 11.5 Å². The van der Waals surface area contributed by atoms with Crippen LogP contribution < -0.4 is 4.74 Å². The Kier molecular flexibility index (Phi) is 7.32. The van der Waals surface area contributed by atoms with E-state index in [1.165, 1.54) is 23.7 Å². The molecule has 0 saturated carbocycles. The summed E-state index contributed by atoms with van der Waals surface area (Å²) >= 11 is 1.47. The van der Waals surface area contributed by atoms with Gasteiger partial charge in [-0.25, -0.2) is 4.68 Å². The van der Waals surface area contributed by atoms with Crippen molar-refractivity contribution in [3.05, 3.63) is 107 Å². The molecule has 0 bridgehead atoms. The average Bonchev–Trinajstić information content (AvgIpc) is 3.57. The number of aliphatic imine (C=N–C) groups is 1. The highest BCUT2D eigenvalue weighted by Crippen LogP contribution is 2.34. The van der Waals surface area contributed by atoms with E-state index >= 15 is 0 Å². The summed E-state index contributed by atoms with van der Waals surface area (Å²) in [6.45, 7) is 4.51. The molecule has 1 aromatic heterocycles. The number of amides is 1. The van der Waals surface area contributed by atoms with Crippen LogP contribution in [0.4, 0.5) is 0 Å². The number of rotatable bonds is 6. The van der Waals surface area contributed by atoms with E-state index in [1.807, 2.05) is 71.6 Å². The van der Waals surface area contributed by atoms with Crippen LogP contribution in [0.2, 0.25) is 0 Å². The van der Waals surface area contributed by atoms with Gasteiger partial charge in [-0.3, -0.25) is 4.79 Å². The fourth-order valence-corrected chi connectivity index (χ4v) is 5.71. The summed E-state index contributed by atoms with van der Waals surface area (Å²) in [6, 6.07) is 26.3. The third-order valence-electron chi connectivity index (χ3n) is 6.94. The molecule has 1 saturated heterocycles. The van der Waals surface area contributed by atoms with Gasteiger partial charge in [-0.1, -0.05) is 48.0 Å². The molecule has 0 atom stereocenters. The Bertz CT molecular complexity index is 1520. The van der Waals surface area contributed by atoms with Gasteiger partial charge in [0, 0.05) is 30.4 Å². The number of carbonyl (C=O) groups is 1. The SMILES string of the molecule is Cc1ccc(COc2ccc(-c3nn(-c4ccccc4)cc3/C=C3\SC(N4CCCCC4)=NC3=O)cc2)cc1. The standard InChI is InChI=1S/C32H30N4O2S/c1-23-10-12-24(13-11-23)22-38-28-16-14-25(15-17-28)30-26(21-36(34-30)27-8-4-2-5-9-27)20-29-31(37)33-32(39-29)35-18-6-3-7-19-35/h2,4-5,8-17,20-21H,3,6-7,18-19,22H2,1H3/b29-20-. The first-order valence-corrected chi connectivity index (χ1v) is 14.2. The monoisotopic (exact) mass is 534 g/mol. The summed E-state index contributed by atoms with van der Waals surface area (Å²) in [4.78, 5) is 20.1. The molecule has 6 nitrogen and oxygen atoms in total. The lowest BCUT2D eigenvalue weighted by atomic mass is 10.1. The van der Waals surface area contributed by atoms with Gasteiger partial charge in [-0.2, -0.15) is 10.1 Å². The van der Waals surface area contributed by atoms with Crippen molar-refractivity contribution in [2.45, 2.75) is 32.8 Å². The van der Waals surface area contributed by atoms with Gasteiger partial charge in [0.15, 0.2) is 5.17 Å². The zero-order valence-electron chi connectivity index (χ0n) is 21.9. The molecule has 4 aromatic rings. The molecule has 7 heteroatoms. The van der Waals surface area contributed by atoms with Crippen LogP contribution in [0.5, 0.6) is 5.75 Å². The van der Waals surface area contributed by atoms with Crippen LogP contribution in [0, 0.1) is 6.92 Å². The average molecular weight is 535 g/mol. The number of amidine groups is 1. The van der Waals surface area contributed by atoms with E-state index in [0.717, 1.165) is 64.9 Å². The molecule has 2 aliphatic heterocycles. The Labute approximate surface area is 233 Å². The fraction of sp³-hybridized carbons (Fsp3) is 0.219. The lowest BCUT2D eigenvalue weighted by molar-refractivity contribution is -0.113. The zero-order valence-corrected chi connectivity index (χ0v) is 22.7. The minimum atomic E-state index is -0.182. The smallest absolute Gasteiger partial charge is 0.286 e. The number of nitrogens with zero attached hydrogens (tertiary/aromatic N) is 4. The summed E-state index contributed by atoms with van der Waals surface area (Å²) in [5.41, 5.74) is 5.94. The summed E-state index contributed by atoms with van der Waals surface area (Å²) < 4.78 is 7.87. The number of hydrogen-bond acceptors (Lipinski definition) is 5. The van der Waals surface area contributed by atoms with Crippen molar-refractivity contribution >= 4 is 28.9 Å². The highest BCUT2D eigenvalue weighted by molar-refractivity contribution is 8.18. The van der Waals surface area contributed by atoms with Crippen LogP contribution in [0.1, 0.15) is 36.0 Å². The predicted molar refractivity (Wildman–Crippen MR) is 158 cm³/mol.